The Labute approximate surface area is 151 Å². The van der Waals surface area contributed by atoms with Crippen LogP contribution in [0.3, 0.4) is 0 Å². The maximum absolute atomic E-state index is 12.4. The fraction of sp³-hybridized carbons (Fsp3) is 0.0667. The molecule has 10 heteroatoms. The number of H-pyrrole nitrogens is 2. The van der Waals surface area contributed by atoms with Crippen molar-refractivity contribution in [3.63, 3.8) is 0 Å². The number of hydrogen-bond donors (Lipinski definition) is 3. The summed E-state index contributed by atoms with van der Waals surface area (Å²) >= 11 is 11.8. The highest BCUT2D eigenvalue weighted by atomic mass is 35.5. The summed E-state index contributed by atoms with van der Waals surface area (Å²) in [5.41, 5.74) is -0.536. The fourth-order valence-electron chi connectivity index (χ4n) is 2.23. The van der Waals surface area contributed by atoms with Crippen molar-refractivity contribution < 1.29 is 8.42 Å². The number of halogens is 2. The van der Waals surface area contributed by atoms with Crippen molar-refractivity contribution in [1.82, 2.24) is 14.7 Å². The van der Waals surface area contributed by atoms with E-state index in [9.17, 15) is 18.0 Å². The first-order chi connectivity index (χ1) is 11.8. The van der Waals surface area contributed by atoms with Gasteiger partial charge in [0.2, 0.25) is 10.0 Å². The molecular formula is C15H11Cl2N3O4S. The number of aromatic amines is 2. The molecule has 0 aliphatic carbocycles. The Balaban J connectivity index is 1.93. The first-order valence-corrected chi connectivity index (χ1v) is 9.20. The number of aromatic nitrogens is 2. The predicted molar refractivity (Wildman–Crippen MR) is 95.7 cm³/mol. The van der Waals surface area contributed by atoms with E-state index in [0.717, 1.165) is 0 Å². The summed E-state index contributed by atoms with van der Waals surface area (Å²) in [6, 6.07) is 8.57. The molecule has 3 rings (SSSR count). The number of nitrogens with one attached hydrogen (secondary N) is 3. The largest absolute Gasteiger partial charge is 0.326 e. The van der Waals surface area contributed by atoms with Crippen LogP contribution in [0.5, 0.6) is 0 Å². The molecule has 0 bridgehead atoms. The third-order valence-corrected chi connectivity index (χ3v) is 5.47. The summed E-state index contributed by atoms with van der Waals surface area (Å²) in [4.78, 5) is 27.4. The van der Waals surface area contributed by atoms with Crippen molar-refractivity contribution in [2.24, 2.45) is 0 Å². The van der Waals surface area contributed by atoms with E-state index in [1.54, 1.807) is 12.1 Å². The first-order valence-electron chi connectivity index (χ1n) is 6.96. The third kappa shape index (κ3) is 3.77. The van der Waals surface area contributed by atoms with Gasteiger partial charge in [-0.15, -0.1) is 0 Å². The Bertz CT molecular complexity index is 1190. The second-order valence-corrected chi connectivity index (χ2v) is 7.79. The summed E-state index contributed by atoms with van der Waals surface area (Å²) in [6.07, 6.45) is 0. The minimum atomic E-state index is -3.89. The predicted octanol–water partition coefficient (Wildman–Crippen LogP) is 2.00. The highest BCUT2D eigenvalue weighted by Gasteiger charge is 2.16. The number of hydrogen-bond acceptors (Lipinski definition) is 4. The van der Waals surface area contributed by atoms with Crippen molar-refractivity contribution >= 4 is 44.1 Å². The van der Waals surface area contributed by atoms with E-state index < -0.39 is 21.3 Å². The topological polar surface area (TPSA) is 112 Å². The van der Waals surface area contributed by atoms with Crippen molar-refractivity contribution in [3.8, 4) is 0 Å². The standard InChI is InChI=1S/C15H11Cl2N3O4S/c16-9-2-1-8(12(17)5-9)7-18-25(23,24)10-3-4-13-11(6-10)14(21)20-15(22)19-13/h1-6,18H,7H2,(H2,19,20,21,22). The molecule has 2 aromatic carbocycles. The summed E-state index contributed by atoms with van der Waals surface area (Å²) in [5, 5.41) is 0.842. The third-order valence-electron chi connectivity index (χ3n) is 3.49. The van der Waals surface area contributed by atoms with Crippen LogP contribution in [0.2, 0.25) is 10.0 Å². The van der Waals surface area contributed by atoms with Gasteiger partial charge >= 0.3 is 5.69 Å². The number of sulfonamides is 1. The van der Waals surface area contributed by atoms with Gasteiger partial charge in [-0.1, -0.05) is 29.3 Å². The molecule has 0 fully saturated rings. The van der Waals surface area contributed by atoms with Gasteiger partial charge in [-0.2, -0.15) is 0 Å². The molecule has 0 unspecified atom stereocenters. The van der Waals surface area contributed by atoms with Crippen molar-refractivity contribution in [1.29, 1.82) is 0 Å². The highest BCUT2D eigenvalue weighted by molar-refractivity contribution is 7.89. The molecule has 1 aromatic heterocycles. The van der Waals surface area contributed by atoms with E-state index in [1.165, 1.54) is 24.3 Å². The maximum atomic E-state index is 12.4. The minimum Gasteiger partial charge on any atom is -0.307 e. The SMILES string of the molecule is O=c1[nH]c(=O)c2cc(S(=O)(=O)NCc3ccc(Cl)cc3Cl)ccc2[nH]1. The van der Waals surface area contributed by atoms with Crippen molar-refractivity contribution in [2.75, 3.05) is 0 Å². The quantitative estimate of drug-likeness (QED) is 0.622. The smallest absolute Gasteiger partial charge is 0.307 e. The van der Waals surface area contributed by atoms with E-state index >= 15 is 0 Å². The molecule has 1 heterocycles. The molecule has 0 spiro atoms. The Kier molecular flexibility index (Phi) is 4.70. The summed E-state index contributed by atoms with van der Waals surface area (Å²) in [6.45, 7) is -0.0433. The van der Waals surface area contributed by atoms with Crippen LogP contribution in [0.25, 0.3) is 10.9 Å². The zero-order valence-corrected chi connectivity index (χ0v) is 14.8. The molecule has 0 amide bonds. The van der Waals surface area contributed by atoms with Gasteiger partial charge in [0.15, 0.2) is 0 Å². The van der Waals surface area contributed by atoms with Crippen LogP contribution >= 0.6 is 23.2 Å². The number of fused-ring (bicyclic) bond motifs is 1. The molecule has 0 aliphatic heterocycles. The van der Waals surface area contributed by atoms with Crippen LogP contribution in [-0.2, 0) is 16.6 Å². The molecule has 130 valence electrons. The highest BCUT2D eigenvalue weighted by Crippen LogP contribution is 2.21. The van der Waals surface area contributed by atoms with Crippen LogP contribution in [-0.4, -0.2) is 18.4 Å². The summed E-state index contributed by atoms with van der Waals surface area (Å²) < 4.78 is 27.3. The van der Waals surface area contributed by atoms with E-state index in [4.69, 9.17) is 23.2 Å². The minimum absolute atomic E-state index is 0.0433. The second-order valence-electron chi connectivity index (χ2n) is 5.18. The second kappa shape index (κ2) is 6.64. The zero-order chi connectivity index (χ0) is 18.2. The van der Waals surface area contributed by atoms with Crippen LogP contribution in [0.15, 0.2) is 50.9 Å². The van der Waals surface area contributed by atoms with Gasteiger partial charge in [-0.3, -0.25) is 9.78 Å². The van der Waals surface area contributed by atoms with Gasteiger partial charge in [0.25, 0.3) is 5.56 Å². The lowest BCUT2D eigenvalue weighted by molar-refractivity contribution is 0.581. The van der Waals surface area contributed by atoms with Crippen molar-refractivity contribution in [2.45, 2.75) is 11.4 Å². The van der Waals surface area contributed by atoms with Gasteiger partial charge in [0, 0.05) is 16.6 Å². The van der Waals surface area contributed by atoms with Gasteiger partial charge < -0.3 is 4.98 Å². The molecule has 0 saturated heterocycles. The van der Waals surface area contributed by atoms with Crippen LogP contribution in [0.4, 0.5) is 0 Å². The lowest BCUT2D eigenvalue weighted by Gasteiger charge is -2.09. The molecule has 0 saturated carbocycles. The first kappa shape index (κ1) is 17.7. The molecule has 0 radical (unpaired) electrons. The molecule has 0 aliphatic rings. The molecule has 0 atom stereocenters. The Morgan fingerprint density at radius 1 is 1.00 bits per heavy atom. The summed E-state index contributed by atoms with van der Waals surface area (Å²) in [5.74, 6) is 0. The maximum Gasteiger partial charge on any atom is 0.326 e. The Hall–Kier alpha value is -2.13. The molecular weight excluding hydrogens is 389 g/mol. The molecule has 3 aromatic rings. The van der Waals surface area contributed by atoms with Gasteiger partial charge in [0.05, 0.1) is 15.8 Å². The average Bonchev–Trinajstić information content (AvgIpc) is 2.53. The summed E-state index contributed by atoms with van der Waals surface area (Å²) in [7, 11) is -3.89. The van der Waals surface area contributed by atoms with E-state index in [1.807, 2.05) is 0 Å². The average molecular weight is 400 g/mol. The van der Waals surface area contributed by atoms with Gasteiger partial charge in [-0.25, -0.2) is 17.9 Å². The Morgan fingerprint density at radius 2 is 1.76 bits per heavy atom. The van der Waals surface area contributed by atoms with Gasteiger partial charge in [0.1, 0.15) is 0 Å². The molecule has 3 N–H and O–H groups in total. The zero-order valence-electron chi connectivity index (χ0n) is 12.5. The lowest BCUT2D eigenvalue weighted by atomic mass is 10.2. The van der Waals surface area contributed by atoms with Crippen LogP contribution in [0.1, 0.15) is 5.56 Å². The van der Waals surface area contributed by atoms with Gasteiger partial charge in [-0.05, 0) is 35.9 Å². The number of rotatable bonds is 4. The van der Waals surface area contributed by atoms with E-state index in [0.29, 0.717) is 15.6 Å². The van der Waals surface area contributed by atoms with Crippen LogP contribution in [0, 0.1) is 0 Å². The van der Waals surface area contributed by atoms with E-state index in [-0.39, 0.29) is 22.3 Å². The fourth-order valence-corrected chi connectivity index (χ4v) is 3.74. The van der Waals surface area contributed by atoms with Crippen LogP contribution < -0.4 is 16.0 Å². The Morgan fingerprint density at radius 3 is 2.48 bits per heavy atom. The number of benzene rings is 2. The molecule has 25 heavy (non-hydrogen) atoms. The lowest BCUT2D eigenvalue weighted by Crippen LogP contribution is -2.25. The normalized spacial score (nSPS) is 11.8. The van der Waals surface area contributed by atoms with E-state index in [2.05, 4.69) is 14.7 Å². The van der Waals surface area contributed by atoms with Crippen molar-refractivity contribution in [3.05, 3.63) is 72.8 Å². The molecule has 7 nitrogen and oxygen atoms in total. The monoisotopic (exact) mass is 399 g/mol.